The average molecular weight is 474 g/mol. The van der Waals surface area contributed by atoms with E-state index in [1.807, 2.05) is 56.3 Å². The van der Waals surface area contributed by atoms with E-state index >= 15 is 0 Å². The van der Waals surface area contributed by atoms with E-state index in [0.29, 0.717) is 31.6 Å². The molecule has 7 nitrogen and oxygen atoms in total. The Morgan fingerprint density at radius 3 is 2.21 bits per heavy atom. The summed E-state index contributed by atoms with van der Waals surface area (Å²) >= 11 is 0. The van der Waals surface area contributed by atoms with Crippen molar-refractivity contribution in [2.24, 2.45) is 0 Å². The molecule has 0 spiro atoms. The summed E-state index contributed by atoms with van der Waals surface area (Å²) in [6.45, 7) is 6.59. The molecule has 33 heavy (non-hydrogen) atoms. The number of carbonyl (C=O) groups excluding carboxylic acids is 2. The lowest BCUT2D eigenvalue weighted by atomic mass is 10.1. The molecule has 2 rings (SSSR count). The molecule has 0 radical (unpaired) electrons. The molecule has 180 valence electrons. The fourth-order valence-corrected chi connectivity index (χ4v) is 4.57. The highest BCUT2D eigenvalue weighted by Gasteiger charge is 2.26. The summed E-state index contributed by atoms with van der Waals surface area (Å²) in [6.07, 6.45) is 2.30. The Labute approximate surface area is 197 Å². The van der Waals surface area contributed by atoms with Crippen molar-refractivity contribution in [2.45, 2.75) is 46.1 Å². The van der Waals surface area contributed by atoms with Gasteiger partial charge < -0.3 is 10.2 Å². The summed E-state index contributed by atoms with van der Waals surface area (Å²) in [6, 6.07) is 16.4. The third-order valence-corrected chi connectivity index (χ3v) is 6.67. The van der Waals surface area contributed by atoms with Gasteiger partial charge in [0.2, 0.25) is 21.8 Å². The molecule has 0 aromatic heterocycles. The zero-order chi connectivity index (χ0) is 24.4. The van der Waals surface area contributed by atoms with E-state index in [4.69, 9.17) is 0 Å². The summed E-state index contributed by atoms with van der Waals surface area (Å²) in [5.41, 5.74) is 2.70. The van der Waals surface area contributed by atoms with Gasteiger partial charge in [-0.25, -0.2) is 8.42 Å². The highest BCUT2D eigenvalue weighted by Crippen LogP contribution is 2.19. The lowest BCUT2D eigenvalue weighted by molar-refractivity contribution is -0.139. The van der Waals surface area contributed by atoms with E-state index in [9.17, 15) is 18.0 Å². The molecule has 1 unspecified atom stereocenters. The number of rotatable bonds is 12. The Balaban J connectivity index is 2.07. The van der Waals surface area contributed by atoms with Crippen LogP contribution in [0.15, 0.2) is 54.6 Å². The van der Waals surface area contributed by atoms with Crippen LogP contribution >= 0.6 is 0 Å². The molecular weight excluding hydrogens is 438 g/mol. The van der Waals surface area contributed by atoms with Crippen LogP contribution < -0.4 is 9.62 Å². The van der Waals surface area contributed by atoms with Gasteiger partial charge in [0.25, 0.3) is 0 Å². The van der Waals surface area contributed by atoms with E-state index in [1.54, 1.807) is 24.0 Å². The number of amides is 2. The number of hydrogen-bond acceptors (Lipinski definition) is 4. The lowest BCUT2D eigenvalue weighted by Crippen LogP contribution is -2.48. The minimum Gasteiger partial charge on any atom is -0.355 e. The second-order valence-electron chi connectivity index (χ2n) is 8.17. The maximum atomic E-state index is 13.1. The van der Waals surface area contributed by atoms with Crippen LogP contribution in [0.25, 0.3) is 0 Å². The van der Waals surface area contributed by atoms with Crippen molar-refractivity contribution in [3.63, 3.8) is 0 Å². The number of anilines is 1. The molecule has 1 atom stereocenters. The van der Waals surface area contributed by atoms with Crippen molar-refractivity contribution in [3.05, 3.63) is 65.7 Å². The molecule has 2 aromatic carbocycles. The van der Waals surface area contributed by atoms with Crippen molar-refractivity contribution >= 4 is 27.5 Å². The predicted octanol–water partition coefficient (Wildman–Crippen LogP) is 3.14. The number of nitrogens with one attached hydrogen (secondary N) is 1. The summed E-state index contributed by atoms with van der Waals surface area (Å²) in [5, 5.41) is 2.78. The smallest absolute Gasteiger partial charge is 0.242 e. The monoisotopic (exact) mass is 473 g/mol. The first-order valence-electron chi connectivity index (χ1n) is 11.3. The molecule has 8 heteroatoms. The topological polar surface area (TPSA) is 86.8 Å². The third-order valence-electron chi connectivity index (χ3n) is 5.48. The zero-order valence-corrected chi connectivity index (χ0v) is 20.8. The van der Waals surface area contributed by atoms with Gasteiger partial charge in [-0.2, -0.15) is 0 Å². The van der Waals surface area contributed by atoms with E-state index in [-0.39, 0.29) is 24.8 Å². The average Bonchev–Trinajstić information content (AvgIpc) is 2.77. The Morgan fingerprint density at radius 1 is 1.00 bits per heavy atom. The van der Waals surface area contributed by atoms with Gasteiger partial charge in [0.1, 0.15) is 6.04 Å². The van der Waals surface area contributed by atoms with E-state index < -0.39 is 16.1 Å². The third kappa shape index (κ3) is 8.20. The maximum absolute atomic E-state index is 13.1. The highest BCUT2D eigenvalue weighted by molar-refractivity contribution is 7.92. The lowest BCUT2D eigenvalue weighted by Gasteiger charge is -2.29. The van der Waals surface area contributed by atoms with Crippen molar-refractivity contribution in [3.8, 4) is 0 Å². The molecular formula is C25H35N3O4S. The van der Waals surface area contributed by atoms with Gasteiger partial charge in [-0.3, -0.25) is 13.9 Å². The van der Waals surface area contributed by atoms with Crippen LogP contribution in [0, 0.1) is 6.92 Å². The standard InChI is InChI=1S/C25H35N3O4S/c1-5-26-25(30)21(3)27(19-17-22-10-7-6-8-11-22)24(29)12-9-18-28(33(4,31)32)23-15-13-20(2)14-16-23/h6-8,10-11,13-16,21H,5,9,12,17-19H2,1-4H3,(H,26,30). The second-order valence-corrected chi connectivity index (χ2v) is 10.1. The molecule has 0 fully saturated rings. The molecule has 2 amide bonds. The summed E-state index contributed by atoms with van der Waals surface area (Å²) in [4.78, 5) is 27.1. The van der Waals surface area contributed by atoms with Crippen LogP contribution in [0.4, 0.5) is 5.69 Å². The van der Waals surface area contributed by atoms with Gasteiger partial charge in [0, 0.05) is 26.1 Å². The number of likely N-dealkylation sites (N-methyl/N-ethyl adjacent to an activating group) is 1. The Bertz CT molecular complexity index is 1010. The van der Waals surface area contributed by atoms with Crippen LogP contribution in [0.1, 0.15) is 37.8 Å². The van der Waals surface area contributed by atoms with Crippen LogP contribution in [-0.4, -0.2) is 57.1 Å². The molecule has 0 bridgehead atoms. The van der Waals surface area contributed by atoms with Gasteiger partial charge in [0.15, 0.2) is 0 Å². The Morgan fingerprint density at radius 2 is 1.64 bits per heavy atom. The first-order valence-corrected chi connectivity index (χ1v) is 13.1. The van der Waals surface area contributed by atoms with E-state index in [1.165, 1.54) is 4.31 Å². The maximum Gasteiger partial charge on any atom is 0.242 e. The number of benzene rings is 2. The molecule has 0 heterocycles. The van der Waals surface area contributed by atoms with Crippen LogP contribution in [0.5, 0.6) is 0 Å². The fourth-order valence-electron chi connectivity index (χ4n) is 3.61. The number of sulfonamides is 1. The quantitative estimate of drug-likeness (QED) is 0.513. The molecule has 0 aliphatic rings. The van der Waals surface area contributed by atoms with Crippen molar-refractivity contribution in [2.75, 3.05) is 30.2 Å². The minimum absolute atomic E-state index is 0.149. The molecule has 2 aromatic rings. The SMILES string of the molecule is CCNC(=O)C(C)N(CCc1ccccc1)C(=O)CCCN(c1ccc(C)cc1)S(C)(=O)=O. The number of aryl methyl sites for hydroxylation is 1. The number of hydrogen-bond donors (Lipinski definition) is 1. The van der Waals surface area contributed by atoms with Gasteiger partial charge in [-0.15, -0.1) is 0 Å². The molecule has 0 saturated carbocycles. The van der Waals surface area contributed by atoms with Crippen LogP contribution in [0.2, 0.25) is 0 Å². The van der Waals surface area contributed by atoms with Crippen LogP contribution in [-0.2, 0) is 26.0 Å². The second kappa shape index (κ2) is 12.4. The summed E-state index contributed by atoms with van der Waals surface area (Å²) in [5.74, 6) is -0.363. The largest absolute Gasteiger partial charge is 0.355 e. The molecule has 0 saturated heterocycles. The van der Waals surface area contributed by atoms with Crippen molar-refractivity contribution < 1.29 is 18.0 Å². The molecule has 1 N–H and O–H groups in total. The van der Waals surface area contributed by atoms with Crippen LogP contribution in [0.3, 0.4) is 0 Å². The zero-order valence-electron chi connectivity index (χ0n) is 20.0. The fraction of sp³-hybridized carbons (Fsp3) is 0.440. The van der Waals surface area contributed by atoms with Gasteiger partial charge in [0.05, 0.1) is 11.9 Å². The summed E-state index contributed by atoms with van der Waals surface area (Å²) in [7, 11) is -3.49. The number of nitrogens with zero attached hydrogens (tertiary/aromatic N) is 2. The predicted molar refractivity (Wildman–Crippen MR) is 133 cm³/mol. The highest BCUT2D eigenvalue weighted by atomic mass is 32.2. The van der Waals surface area contributed by atoms with Gasteiger partial charge >= 0.3 is 0 Å². The normalized spacial score (nSPS) is 12.1. The van der Waals surface area contributed by atoms with Gasteiger partial charge in [-0.1, -0.05) is 48.0 Å². The first-order chi connectivity index (χ1) is 15.6. The van der Waals surface area contributed by atoms with E-state index in [2.05, 4.69) is 5.32 Å². The first kappa shape index (κ1) is 26.4. The van der Waals surface area contributed by atoms with Crippen molar-refractivity contribution in [1.82, 2.24) is 10.2 Å². The molecule has 0 aliphatic carbocycles. The molecule has 0 aliphatic heterocycles. The Kier molecular flexibility index (Phi) is 9.91. The van der Waals surface area contributed by atoms with E-state index in [0.717, 1.165) is 17.4 Å². The van der Waals surface area contributed by atoms with Crippen molar-refractivity contribution in [1.29, 1.82) is 0 Å². The Hall–Kier alpha value is -2.87. The number of carbonyl (C=O) groups is 2. The minimum atomic E-state index is -3.49. The summed E-state index contributed by atoms with van der Waals surface area (Å²) < 4.78 is 26.0. The van der Waals surface area contributed by atoms with Gasteiger partial charge in [-0.05, 0) is 51.3 Å².